The third kappa shape index (κ3) is 5.53. The summed E-state index contributed by atoms with van der Waals surface area (Å²) in [6.07, 6.45) is 2.35. The predicted octanol–water partition coefficient (Wildman–Crippen LogP) is 5.61. The molecule has 0 heterocycles. The molecule has 2 heteroatoms. The molecule has 0 spiro atoms. The summed E-state index contributed by atoms with van der Waals surface area (Å²) in [6.45, 7) is 20.7. The molecule has 0 aromatic heterocycles. The summed E-state index contributed by atoms with van der Waals surface area (Å²) in [4.78, 5) is 2.52. The van der Waals surface area contributed by atoms with Crippen LogP contribution in [0, 0.1) is 0 Å². The molecule has 0 fully saturated rings. The highest BCUT2D eigenvalue weighted by Crippen LogP contribution is 2.39. The lowest BCUT2D eigenvalue weighted by Crippen LogP contribution is -2.26. The van der Waals surface area contributed by atoms with Gasteiger partial charge in [0.2, 0.25) is 0 Å². The highest BCUT2D eigenvalue weighted by Gasteiger charge is 2.26. The topological polar surface area (TPSA) is 23.5 Å². The molecule has 0 amide bonds. The van der Waals surface area contributed by atoms with Crippen LogP contribution in [-0.2, 0) is 17.4 Å². The molecule has 1 aromatic rings. The van der Waals surface area contributed by atoms with Crippen LogP contribution in [0.5, 0.6) is 5.75 Å². The third-order valence-electron chi connectivity index (χ3n) is 4.27. The van der Waals surface area contributed by atoms with E-state index in [2.05, 4.69) is 72.4 Å². The Balaban J connectivity index is 3.32. The summed E-state index contributed by atoms with van der Waals surface area (Å²) >= 11 is 0. The summed E-state index contributed by atoms with van der Waals surface area (Å²) < 4.78 is 0. The minimum absolute atomic E-state index is 0.0551. The number of benzene rings is 1. The normalized spacial score (nSPS) is 12.9. The van der Waals surface area contributed by atoms with Gasteiger partial charge in [-0.2, -0.15) is 0 Å². The van der Waals surface area contributed by atoms with Crippen LogP contribution in [0.15, 0.2) is 12.1 Å². The van der Waals surface area contributed by atoms with E-state index in [1.807, 2.05) is 0 Å². The lowest BCUT2D eigenvalue weighted by molar-refractivity contribution is 0.266. The number of rotatable bonds is 6. The molecule has 0 atom stereocenters. The van der Waals surface area contributed by atoms with Crippen molar-refractivity contribution in [1.82, 2.24) is 4.90 Å². The van der Waals surface area contributed by atoms with Gasteiger partial charge < -0.3 is 5.11 Å². The predicted molar refractivity (Wildman–Crippen MR) is 101 cm³/mol. The van der Waals surface area contributed by atoms with Crippen molar-refractivity contribution < 1.29 is 5.11 Å². The molecule has 0 aliphatic rings. The molecular weight excluding hydrogens is 282 g/mol. The first-order valence-corrected chi connectivity index (χ1v) is 9.09. The van der Waals surface area contributed by atoms with E-state index in [0.717, 1.165) is 30.8 Å². The standard InChI is InChI=1S/C21H37NO/c1-9-11-22(12-10-2)15-16-13-17(20(3,4)5)19(23)18(14-16)21(6,7)8/h13-14,23H,9-12,15H2,1-8H3. The Morgan fingerprint density at radius 2 is 1.22 bits per heavy atom. The van der Waals surface area contributed by atoms with Crippen molar-refractivity contribution in [2.45, 2.75) is 85.6 Å². The van der Waals surface area contributed by atoms with Gasteiger partial charge in [0.05, 0.1) is 0 Å². The number of nitrogens with zero attached hydrogens (tertiary/aromatic N) is 1. The minimum atomic E-state index is -0.0551. The lowest BCUT2D eigenvalue weighted by Gasteiger charge is -2.29. The van der Waals surface area contributed by atoms with Crippen molar-refractivity contribution >= 4 is 0 Å². The summed E-state index contributed by atoms with van der Waals surface area (Å²) in [7, 11) is 0. The molecule has 0 aliphatic carbocycles. The van der Waals surface area contributed by atoms with Crippen LogP contribution in [0.4, 0.5) is 0 Å². The van der Waals surface area contributed by atoms with Gasteiger partial charge in [-0.05, 0) is 53.5 Å². The SMILES string of the molecule is CCCN(CCC)Cc1cc(C(C)(C)C)c(O)c(C(C)(C)C)c1. The number of hydrogen-bond donors (Lipinski definition) is 1. The van der Waals surface area contributed by atoms with Crippen LogP contribution >= 0.6 is 0 Å². The first-order valence-electron chi connectivity index (χ1n) is 9.09. The van der Waals surface area contributed by atoms with E-state index >= 15 is 0 Å². The maximum atomic E-state index is 10.8. The molecule has 0 radical (unpaired) electrons. The molecule has 0 bridgehead atoms. The molecule has 0 aliphatic heterocycles. The number of hydrogen-bond acceptors (Lipinski definition) is 2. The Labute approximate surface area is 143 Å². The molecule has 1 aromatic carbocycles. The maximum absolute atomic E-state index is 10.8. The second-order valence-electron chi connectivity index (χ2n) is 8.82. The minimum Gasteiger partial charge on any atom is -0.507 e. The average molecular weight is 320 g/mol. The molecule has 0 unspecified atom stereocenters. The second-order valence-corrected chi connectivity index (χ2v) is 8.82. The van der Waals surface area contributed by atoms with Crippen LogP contribution in [-0.4, -0.2) is 23.1 Å². The van der Waals surface area contributed by atoms with E-state index in [1.165, 1.54) is 18.4 Å². The summed E-state index contributed by atoms with van der Waals surface area (Å²) in [5.41, 5.74) is 3.33. The molecule has 23 heavy (non-hydrogen) atoms. The Hall–Kier alpha value is -1.02. The molecule has 1 rings (SSSR count). The smallest absolute Gasteiger partial charge is 0.123 e. The van der Waals surface area contributed by atoms with E-state index in [-0.39, 0.29) is 10.8 Å². The Bertz CT molecular complexity index is 465. The van der Waals surface area contributed by atoms with E-state index in [4.69, 9.17) is 0 Å². The first-order chi connectivity index (χ1) is 10.5. The van der Waals surface area contributed by atoms with E-state index in [1.54, 1.807) is 0 Å². The van der Waals surface area contributed by atoms with Crippen molar-refractivity contribution in [3.63, 3.8) is 0 Å². The van der Waals surface area contributed by atoms with Crippen LogP contribution in [0.25, 0.3) is 0 Å². The van der Waals surface area contributed by atoms with Gasteiger partial charge in [-0.1, -0.05) is 67.5 Å². The van der Waals surface area contributed by atoms with E-state index < -0.39 is 0 Å². The van der Waals surface area contributed by atoms with Gasteiger partial charge >= 0.3 is 0 Å². The fraction of sp³-hybridized carbons (Fsp3) is 0.714. The zero-order valence-corrected chi connectivity index (χ0v) is 16.6. The summed E-state index contributed by atoms with van der Waals surface area (Å²) in [5, 5.41) is 10.8. The van der Waals surface area contributed by atoms with Gasteiger partial charge in [0.1, 0.15) is 5.75 Å². The van der Waals surface area contributed by atoms with Crippen molar-refractivity contribution in [2.24, 2.45) is 0 Å². The van der Waals surface area contributed by atoms with Crippen LogP contribution in [0.2, 0.25) is 0 Å². The van der Waals surface area contributed by atoms with Crippen molar-refractivity contribution in [2.75, 3.05) is 13.1 Å². The van der Waals surface area contributed by atoms with E-state index in [9.17, 15) is 5.11 Å². The molecule has 0 saturated carbocycles. The molecule has 132 valence electrons. The fourth-order valence-electron chi connectivity index (χ4n) is 3.09. The average Bonchev–Trinajstić information content (AvgIpc) is 2.38. The van der Waals surface area contributed by atoms with Gasteiger partial charge in [-0.25, -0.2) is 0 Å². The first kappa shape index (κ1) is 20.0. The van der Waals surface area contributed by atoms with Gasteiger partial charge in [0, 0.05) is 6.54 Å². The molecule has 2 nitrogen and oxygen atoms in total. The number of aromatic hydroxyl groups is 1. The Morgan fingerprint density at radius 3 is 1.52 bits per heavy atom. The van der Waals surface area contributed by atoms with Crippen LogP contribution in [0.3, 0.4) is 0 Å². The Morgan fingerprint density at radius 1 is 0.826 bits per heavy atom. The zero-order chi connectivity index (χ0) is 17.8. The van der Waals surface area contributed by atoms with Gasteiger partial charge in [0.25, 0.3) is 0 Å². The largest absolute Gasteiger partial charge is 0.507 e. The third-order valence-corrected chi connectivity index (χ3v) is 4.27. The highest BCUT2D eigenvalue weighted by atomic mass is 16.3. The van der Waals surface area contributed by atoms with Crippen LogP contribution < -0.4 is 0 Å². The summed E-state index contributed by atoms with van der Waals surface area (Å²) in [6, 6.07) is 4.42. The van der Waals surface area contributed by atoms with Crippen LogP contribution in [0.1, 0.15) is 84.9 Å². The van der Waals surface area contributed by atoms with Gasteiger partial charge in [0.15, 0.2) is 0 Å². The van der Waals surface area contributed by atoms with Crippen molar-refractivity contribution in [3.8, 4) is 5.75 Å². The zero-order valence-electron chi connectivity index (χ0n) is 16.6. The van der Waals surface area contributed by atoms with Gasteiger partial charge in [-0.15, -0.1) is 0 Å². The Kier molecular flexibility index (Phi) is 6.70. The fourth-order valence-corrected chi connectivity index (χ4v) is 3.09. The molecular formula is C21H37NO. The van der Waals surface area contributed by atoms with Crippen molar-refractivity contribution in [3.05, 3.63) is 28.8 Å². The van der Waals surface area contributed by atoms with E-state index in [0.29, 0.717) is 5.75 Å². The maximum Gasteiger partial charge on any atom is 0.123 e. The number of phenolic OH excluding ortho intramolecular Hbond substituents is 1. The quantitative estimate of drug-likeness (QED) is 0.736. The lowest BCUT2D eigenvalue weighted by atomic mass is 9.78. The van der Waals surface area contributed by atoms with Crippen molar-refractivity contribution in [1.29, 1.82) is 0 Å². The summed E-state index contributed by atoms with van der Waals surface area (Å²) in [5.74, 6) is 0.478. The number of phenols is 1. The molecule has 0 saturated heterocycles. The van der Waals surface area contributed by atoms with Gasteiger partial charge in [-0.3, -0.25) is 4.90 Å². The second kappa shape index (κ2) is 7.70. The molecule has 1 N–H and O–H groups in total. The highest BCUT2D eigenvalue weighted by molar-refractivity contribution is 5.49. The monoisotopic (exact) mass is 319 g/mol.